The lowest BCUT2D eigenvalue weighted by Crippen LogP contribution is -2.28. The first-order valence-corrected chi connectivity index (χ1v) is 10.6. The number of carboxylic acids is 1. The van der Waals surface area contributed by atoms with Crippen LogP contribution in [0.4, 0.5) is 17.2 Å². The monoisotopic (exact) mass is 440 g/mol. The Balaban J connectivity index is 1.79. The highest BCUT2D eigenvalue weighted by molar-refractivity contribution is 7.92. The summed E-state index contributed by atoms with van der Waals surface area (Å²) in [4.78, 5) is 15.4. The summed E-state index contributed by atoms with van der Waals surface area (Å²) in [5.41, 5.74) is -0.371. The minimum Gasteiger partial charge on any atom is -0.508 e. The van der Waals surface area contributed by atoms with Crippen molar-refractivity contribution in [1.82, 2.24) is 4.98 Å². The number of aliphatic carboxylic acids is 1. The predicted molar refractivity (Wildman–Crippen MR) is 114 cm³/mol. The minimum atomic E-state index is -3.80. The fourth-order valence-electron chi connectivity index (χ4n) is 2.63. The first-order chi connectivity index (χ1) is 14.6. The first-order valence-electron chi connectivity index (χ1n) is 9.12. The van der Waals surface area contributed by atoms with Crippen molar-refractivity contribution < 1.29 is 23.4 Å². The number of aromatic nitrogens is 1. The number of anilines is 1. The Morgan fingerprint density at radius 3 is 2.26 bits per heavy atom. The van der Waals surface area contributed by atoms with Crippen molar-refractivity contribution in [3.8, 4) is 5.75 Å². The first kappa shape index (κ1) is 21.9. The number of azo groups is 1. The average Bonchev–Trinajstić information content (AvgIpc) is 2.73. The van der Waals surface area contributed by atoms with E-state index in [2.05, 4.69) is 19.9 Å². The highest BCUT2D eigenvalue weighted by atomic mass is 32.2. The average molecular weight is 440 g/mol. The van der Waals surface area contributed by atoms with Gasteiger partial charge in [-0.25, -0.2) is 13.4 Å². The van der Waals surface area contributed by atoms with Gasteiger partial charge in [0.25, 0.3) is 10.0 Å². The Labute approximate surface area is 179 Å². The summed E-state index contributed by atoms with van der Waals surface area (Å²) in [6, 6.07) is 14.9. The molecular formula is C21H20N4O5S. The number of sulfonamides is 1. The summed E-state index contributed by atoms with van der Waals surface area (Å²) in [5.74, 6) is -1.03. The molecule has 0 amide bonds. The standard InChI is InChI=1S/C21H20N4O5S/c1-21(2,20(27)28)17-13-15(8-11-18(17)26)24-23-14-6-9-16(10-7-14)31(29,30)25-19-5-3-4-12-22-19/h3-13,26H,1-2H3,(H,22,25)(H,27,28). The third-order valence-corrected chi connectivity index (χ3v) is 5.89. The molecule has 0 bridgehead atoms. The second kappa shape index (κ2) is 8.52. The molecule has 0 aliphatic carbocycles. The molecule has 0 saturated carbocycles. The topological polar surface area (TPSA) is 141 Å². The maximum atomic E-state index is 12.4. The molecule has 0 spiro atoms. The van der Waals surface area contributed by atoms with Crippen LogP contribution in [0.15, 0.2) is 82.0 Å². The van der Waals surface area contributed by atoms with Crippen molar-refractivity contribution >= 4 is 33.2 Å². The lowest BCUT2D eigenvalue weighted by atomic mass is 9.84. The fraction of sp³-hybridized carbons (Fsp3) is 0.143. The zero-order valence-corrected chi connectivity index (χ0v) is 17.5. The van der Waals surface area contributed by atoms with Crippen LogP contribution in [0.5, 0.6) is 5.75 Å². The number of phenols is 1. The van der Waals surface area contributed by atoms with Crippen LogP contribution in [0.25, 0.3) is 0 Å². The molecule has 3 aromatic rings. The molecule has 0 radical (unpaired) electrons. The largest absolute Gasteiger partial charge is 0.508 e. The van der Waals surface area contributed by atoms with Crippen molar-refractivity contribution in [2.24, 2.45) is 10.2 Å². The number of hydrogen-bond acceptors (Lipinski definition) is 7. The number of nitrogens with one attached hydrogen (secondary N) is 1. The van der Waals surface area contributed by atoms with Crippen LogP contribution in [0.1, 0.15) is 19.4 Å². The molecule has 9 nitrogen and oxygen atoms in total. The molecule has 0 unspecified atom stereocenters. The number of benzene rings is 2. The number of carboxylic acid groups (broad SMARTS) is 1. The Morgan fingerprint density at radius 2 is 1.65 bits per heavy atom. The molecule has 10 heteroatoms. The molecular weight excluding hydrogens is 420 g/mol. The van der Waals surface area contributed by atoms with Crippen LogP contribution < -0.4 is 4.72 Å². The molecule has 0 aliphatic rings. The molecule has 160 valence electrons. The molecule has 1 aromatic heterocycles. The highest BCUT2D eigenvalue weighted by Gasteiger charge is 2.32. The van der Waals surface area contributed by atoms with E-state index >= 15 is 0 Å². The maximum Gasteiger partial charge on any atom is 0.313 e. The Kier molecular flexibility index (Phi) is 6.02. The number of pyridine rings is 1. The molecule has 1 heterocycles. The van der Waals surface area contributed by atoms with Crippen LogP contribution >= 0.6 is 0 Å². The lowest BCUT2D eigenvalue weighted by molar-refractivity contribution is -0.142. The van der Waals surface area contributed by atoms with Gasteiger partial charge in [-0.3, -0.25) is 9.52 Å². The molecule has 3 rings (SSSR count). The summed E-state index contributed by atoms with van der Waals surface area (Å²) in [6.45, 7) is 2.95. The second-order valence-electron chi connectivity index (χ2n) is 7.15. The summed E-state index contributed by atoms with van der Waals surface area (Å²) in [6.07, 6.45) is 1.48. The molecule has 2 aromatic carbocycles. The van der Waals surface area contributed by atoms with E-state index in [-0.39, 0.29) is 22.0 Å². The molecule has 31 heavy (non-hydrogen) atoms. The zero-order chi connectivity index (χ0) is 22.6. The van der Waals surface area contributed by atoms with E-state index in [0.29, 0.717) is 11.4 Å². The van der Waals surface area contributed by atoms with Crippen molar-refractivity contribution in [2.45, 2.75) is 24.2 Å². The van der Waals surface area contributed by atoms with Crippen LogP contribution in [0, 0.1) is 0 Å². The number of phenolic OH excluding ortho intramolecular Hbond substituents is 1. The zero-order valence-electron chi connectivity index (χ0n) is 16.7. The Hall–Kier alpha value is -3.79. The van der Waals surface area contributed by atoms with Gasteiger partial charge in [-0.15, -0.1) is 0 Å². The summed E-state index contributed by atoms with van der Waals surface area (Å²) < 4.78 is 27.2. The van der Waals surface area contributed by atoms with Crippen molar-refractivity contribution in [3.63, 3.8) is 0 Å². The van der Waals surface area contributed by atoms with Crippen molar-refractivity contribution in [3.05, 3.63) is 72.4 Å². The third-order valence-electron chi connectivity index (χ3n) is 4.52. The van der Waals surface area contributed by atoms with E-state index in [1.54, 1.807) is 12.1 Å². The third kappa shape index (κ3) is 5.04. The Morgan fingerprint density at radius 1 is 1.00 bits per heavy atom. The summed E-state index contributed by atoms with van der Waals surface area (Å²) in [7, 11) is -3.80. The molecule has 0 saturated heterocycles. The maximum absolute atomic E-state index is 12.4. The minimum absolute atomic E-state index is 0.0345. The second-order valence-corrected chi connectivity index (χ2v) is 8.83. The summed E-state index contributed by atoms with van der Waals surface area (Å²) >= 11 is 0. The molecule has 3 N–H and O–H groups in total. The van der Waals surface area contributed by atoms with E-state index in [0.717, 1.165) is 0 Å². The quantitative estimate of drug-likeness (QED) is 0.466. The molecule has 0 aliphatic heterocycles. The van der Waals surface area contributed by atoms with Gasteiger partial charge >= 0.3 is 5.97 Å². The van der Waals surface area contributed by atoms with Crippen molar-refractivity contribution in [2.75, 3.05) is 4.72 Å². The van der Waals surface area contributed by atoms with Gasteiger partial charge < -0.3 is 10.2 Å². The molecule has 0 fully saturated rings. The van der Waals surface area contributed by atoms with Gasteiger partial charge in [0.05, 0.1) is 21.7 Å². The number of nitrogens with zero attached hydrogens (tertiary/aromatic N) is 3. The fourth-order valence-corrected chi connectivity index (χ4v) is 3.64. The number of hydrogen-bond donors (Lipinski definition) is 3. The summed E-state index contributed by atoms with van der Waals surface area (Å²) in [5, 5.41) is 27.5. The van der Waals surface area contributed by atoms with Gasteiger partial charge in [-0.1, -0.05) is 6.07 Å². The van der Waals surface area contributed by atoms with Gasteiger partial charge in [0, 0.05) is 11.8 Å². The highest BCUT2D eigenvalue weighted by Crippen LogP contribution is 2.34. The van der Waals surface area contributed by atoms with Crippen LogP contribution in [0.2, 0.25) is 0 Å². The lowest BCUT2D eigenvalue weighted by Gasteiger charge is -2.20. The van der Waals surface area contributed by atoms with Crippen LogP contribution in [-0.4, -0.2) is 29.6 Å². The van der Waals surface area contributed by atoms with E-state index in [1.807, 2.05) is 0 Å². The van der Waals surface area contributed by atoms with E-state index < -0.39 is 21.4 Å². The van der Waals surface area contributed by atoms with E-state index in [4.69, 9.17) is 0 Å². The van der Waals surface area contributed by atoms with E-state index in [1.165, 1.54) is 68.6 Å². The molecule has 0 atom stereocenters. The van der Waals surface area contributed by atoms with Gasteiger partial charge in [-0.05, 0) is 68.4 Å². The SMILES string of the molecule is CC(C)(C(=O)O)c1cc(N=Nc2ccc(S(=O)(=O)Nc3ccccn3)cc2)ccc1O. The van der Waals surface area contributed by atoms with Gasteiger partial charge in [0.1, 0.15) is 11.6 Å². The number of carbonyl (C=O) groups is 1. The predicted octanol–water partition coefficient (Wildman–Crippen LogP) is 4.37. The van der Waals surface area contributed by atoms with Gasteiger partial charge in [0.2, 0.25) is 0 Å². The van der Waals surface area contributed by atoms with Crippen LogP contribution in [0.3, 0.4) is 0 Å². The van der Waals surface area contributed by atoms with Gasteiger partial charge in [-0.2, -0.15) is 10.2 Å². The van der Waals surface area contributed by atoms with Gasteiger partial charge in [0.15, 0.2) is 0 Å². The smallest absolute Gasteiger partial charge is 0.313 e. The number of rotatable bonds is 7. The Bertz CT molecular complexity index is 1220. The normalized spacial score (nSPS) is 12.1. The number of aromatic hydroxyl groups is 1. The van der Waals surface area contributed by atoms with Crippen molar-refractivity contribution in [1.29, 1.82) is 0 Å². The van der Waals surface area contributed by atoms with E-state index in [9.17, 15) is 23.4 Å². The van der Waals surface area contributed by atoms with Crippen LogP contribution in [-0.2, 0) is 20.2 Å².